The van der Waals surface area contributed by atoms with Crippen LogP contribution in [0.3, 0.4) is 0 Å². The molecule has 1 amide bonds. The Morgan fingerprint density at radius 1 is 1.19 bits per heavy atom. The van der Waals surface area contributed by atoms with E-state index in [2.05, 4.69) is 39.0 Å². The number of amides is 1. The van der Waals surface area contributed by atoms with Gasteiger partial charge in [0.25, 0.3) is 0 Å². The maximum Gasteiger partial charge on any atom is 0.245 e. The van der Waals surface area contributed by atoms with E-state index < -0.39 is 5.38 Å². The van der Waals surface area contributed by atoms with Gasteiger partial charge in [0.2, 0.25) is 5.91 Å². The minimum atomic E-state index is -0.501. The SMILES string of the molecule is CCCCCCC(Cl)C(=O)N(CC1COCO1)c1c(CC)cccc1CC. The van der Waals surface area contributed by atoms with Gasteiger partial charge >= 0.3 is 0 Å². The number of carbonyl (C=O) groups is 1. The molecule has 2 unspecified atom stereocenters. The van der Waals surface area contributed by atoms with Crippen LogP contribution in [0.1, 0.15) is 64.0 Å². The van der Waals surface area contributed by atoms with Gasteiger partial charge in [0, 0.05) is 0 Å². The fraction of sp³-hybridized carbons (Fsp3) is 0.682. The standard InChI is InChI=1S/C22H34ClNO3/c1-4-7-8-9-13-20(23)22(25)24(14-19-15-26-16-27-19)21-17(5-2)11-10-12-18(21)6-3/h10-12,19-20H,4-9,13-16H2,1-3H3. The van der Waals surface area contributed by atoms with Crippen molar-refractivity contribution in [2.75, 3.05) is 24.8 Å². The Kier molecular flexibility index (Phi) is 9.60. The topological polar surface area (TPSA) is 38.8 Å². The van der Waals surface area contributed by atoms with Gasteiger partial charge in [0.05, 0.1) is 18.8 Å². The number of aryl methyl sites for hydroxylation is 2. The number of unbranched alkanes of at least 4 members (excludes halogenated alkanes) is 3. The largest absolute Gasteiger partial charge is 0.353 e. The smallest absolute Gasteiger partial charge is 0.245 e. The summed E-state index contributed by atoms with van der Waals surface area (Å²) in [7, 11) is 0. The number of carbonyl (C=O) groups excluding carboxylic acids is 1. The number of ether oxygens (including phenoxy) is 2. The summed E-state index contributed by atoms with van der Waals surface area (Å²) >= 11 is 6.57. The van der Waals surface area contributed by atoms with E-state index in [9.17, 15) is 4.79 Å². The third-order valence-electron chi connectivity index (χ3n) is 5.16. The lowest BCUT2D eigenvalue weighted by molar-refractivity contribution is -0.118. The molecule has 1 fully saturated rings. The van der Waals surface area contributed by atoms with E-state index in [0.29, 0.717) is 26.4 Å². The highest BCUT2D eigenvalue weighted by Gasteiger charge is 2.30. The highest BCUT2D eigenvalue weighted by molar-refractivity contribution is 6.32. The Labute approximate surface area is 169 Å². The number of alkyl halides is 1. The van der Waals surface area contributed by atoms with Crippen molar-refractivity contribution in [2.24, 2.45) is 0 Å². The molecule has 0 aromatic heterocycles. The number of benzene rings is 1. The predicted octanol–water partition coefficient (Wildman–Crippen LogP) is 5.10. The molecule has 27 heavy (non-hydrogen) atoms. The molecule has 152 valence electrons. The fourth-order valence-electron chi connectivity index (χ4n) is 3.58. The molecule has 1 aromatic carbocycles. The van der Waals surface area contributed by atoms with E-state index >= 15 is 0 Å². The van der Waals surface area contributed by atoms with E-state index in [-0.39, 0.29) is 12.0 Å². The quantitative estimate of drug-likeness (QED) is 0.386. The van der Waals surface area contributed by atoms with Crippen LogP contribution < -0.4 is 4.90 Å². The maximum atomic E-state index is 13.3. The average molecular weight is 396 g/mol. The van der Waals surface area contributed by atoms with E-state index in [1.54, 1.807) is 0 Å². The second-order valence-corrected chi connectivity index (χ2v) is 7.70. The van der Waals surface area contributed by atoms with Crippen LogP contribution in [0.15, 0.2) is 18.2 Å². The summed E-state index contributed by atoms with van der Waals surface area (Å²) in [6, 6.07) is 6.28. The lowest BCUT2D eigenvalue weighted by Crippen LogP contribution is -2.43. The van der Waals surface area contributed by atoms with Crippen LogP contribution in [-0.4, -0.2) is 37.3 Å². The Bertz CT molecular complexity index is 565. The summed E-state index contributed by atoms with van der Waals surface area (Å²) < 4.78 is 11.0. The van der Waals surface area contributed by atoms with Crippen molar-refractivity contribution >= 4 is 23.2 Å². The Morgan fingerprint density at radius 3 is 2.44 bits per heavy atom. The molecule has 0 radical (unpaired) electrons. The average Bonchev–Trinajstić information content (AvgIpc) is 3.21. The van der Waals surface area contributed by atoms with Gasteiger partial charge < -0.3 is 14.4 Å². The molecule has 0 saturated carbocycles. The Balaban J connectivity index is 2.24. The van der Waals surface area contributed by atoms with Gasteiger partial charge in [-0.1, -0.05) is 64.7 Å². The van der Waals surface area contributed by atoms with Gasteiger partial charge in [-0.15, -0.1) is 11.6 Å². The predicted molar refractivity (Wildman–Crippen MR) is 112 cm³/mol. The molecule has 2 atom stereocenters. The highest BCUT2D eigenvalue weighted by atomic mass is 35.5. The van der Waals surface area contributed by atoms with Crippen molar-refractivity contribution in [3.8, 4) is 0 Å². The van der Waals surface area contributed by atoms with Crippen LogP contribution in [0.4, 0.5) is 5.69 Å². The van der Waals surface area contributed by atoms with Crippen molar-refractivity contribution in [2.45, 2.75) is 77.2 Å². The summed E-state index contributed by atoms with van der Waals surface area (Å²) in [6.45, 7) is 7.73. The lowest BCUT2D eigenvalue weighted by Gasteiger charge is -2.30. The van der Waals surface area contributed by atoms with E-state index in [0.717, 1.165) is 31.4 Å². The molecule has 5 heteroatoms. The van der Waals surface area contributed by atoms with Crippen LogP contribution in [0, 0.1) is 0 Å². The molecule has 1 saturated heterocycles. The zero-order valence-corrected chi connectivity index (χ0v) is 17.8. The van der Waals surface area contributed by atoms with Gasteiger partial charge in [-0.2, -0.15) is 0 Å². The molecule has 0 bridgehead atoms. The van der Waals surface area contributed by atoms with Gasteiger partial charge in [-0.25, -0.2) is 0 Å². The first kappa shape index (κ1) is 22.2. The van der Waals surface area contributed by atoms with Crippen molar-refractivity contribution in [1.29, 1.82) is 0 Å². The summed E-state index contributed by atoms with van der Waals surface area (Å²) in [6.07, 6.45) is 6.83. The molecule has 1 aromatic rings. The van der Waals surface area contributed by atoms with Crippen LogP contribution in [0.2, 0.25) is 0 Å². The zero-order valence-electron chi connectivity index (χ0n) is 17.0. The molecule has 1 heterocycles. The second kappa shape index (κ2) is 11.7. The molecular weight excluding hydrogens is 362 g/mol. The summed E-state index contributed by atoms with van der Waals surface area (Å²) in [5.74, 6) is -0.0146. The molecule has 1 aliphatic rings. The molecular formula is C22H34ClNO3. The minimum Gasteiger partial charge on any atom is -0.353 e. The first-order chi connectivity index (χ1) is 13.1. The first-order valence-electron chi connectivity index (χ1n) is 10.4. The second-order valence-electron chi connectivity index (χ2n) is 7.18. The van der Waals surface area contributed by atoms with Gasteiger partial charge in [-0.05, 0) is 30.4 Å². The van der Waals surface area contributed by atoms with Crippen LogP contribution in [0.5, 0.6) is 0 Å². The van der Waals surface area contributed by atoms with Crippen LogP contribution in [0.25, 0.3) is 0 Å². The van der Waals surface area contributed by atoms with E-state index in [4.69, 9.17) is 21.1 Å². The van der Waals surface area contributed by atoms with Crippen molar-refractivity contribution < 1.29 is 14.3 Å². The molecule has 4 nitrogen and oxygen atoms in total. The Morgan fingerprint density at radius 2 is 1.89 bits per heavy atom. The molecule has 0 aliphatic carbocycles. The summed E-state index contributed by atoms with van der Waals surface area (Å²) in [4.78, 5) is 15.2. The highest BCUT2D eigenvalue weighted by Crippen LogP contribution is 2.30. The third-order valence-corrected chi connectivity index (χ3v) is 5.56. The van der Waals surface area contributed by atoms with Crippen molar-refractivity contribution in [3.63, 3.8) is 0 Å². The number of anilines is 1. The maximum absolute atomic E-state index is 13.3. The molecule has 0 N–H and O–H groups in total. The molecule has 0 spiro atoms. The van der Waals surface area contributed by atoms with Gasteiger partial charge in [-0.3, -0.25) is 4.79 Å². The fourth-order valence-corrected chi connectivity index (χ4v) is 3.85. The monoisotopic (exact) mass is 395 g/mol. The van der Waals surface area contributed by atoms with E-state index in [1.807, 2.05) is 4.90 Å². The number of rotatable bonds is 11. The first-order valence-corrected chi connectivity index (χ1v) is 10.8. The number of nitrogens with zero attached hydrogens (tertiary/aromatic N) is 1. The lowest BCUT2D eigenvalue weighted by atomic mass is 10.0. The number of halogens is 1. The zero-order chi connectivity index (χ0) is 19.6. The summed E-state index contributed by atoms with van der Waals surface area (Å²) in [5, 5.41) is -0.501. The third kappa shape index (κ3) is 6.20. The molecule has 1 aliphatic heterocycles. The normalized spacial score (nSPS) is 17.9. The van der Waals surface area contributed by atoms with E-state index in [1.165, 1.54) is 24.0 Å². The van der Waals surface area contributed by atoms with Crippen LogP contribution in [-0.2, 0) is 27.1 Å². The van der Waals surface area contributed by atoms with Crippen molar-refractivity contribution in [1.82, 2.24) is 0 Å². The minimum absolute atomic E-state index is 0.0146. The number of hydrogen-bond acceptors (Lipinski definition) is 3. The van der Waals surface area contributed by atoms with Crippen LogP contribution >= 0.6 is 11.6 Å². The van der Waals surface area contributed by atoms with Crippen molar-refractivity contribution in [3.05, 3.63) is 29.3 Å². The molecule has 2 rings (SSSR count). The number of para-hydroxylation sites is 1. The van der Waals surface area contributed by atoms with Gasteiger partial charge in [0.15, 0.2) is 0 Å². The Hall–Kier alpha value is -1.10. The number of hydrogen-bond donors (Lipinski definition) is 0. The summed E-state index contributed by atoms with van der Waals surface area (Å²) in [5.41, 5.74) is 3.37. The van der Waals surface area contributed by atoms with Gasteiger partial charge in [0.1, 0.15) is 18.3 Å².